The quantitative estimate of drug-likeness (QED) is 0.0264. The van der Waals surface area contributed by atoms with Crippen LogP contribution >= 0.6 is 7.82 Å². The monoisotopic (exact) mass is 1310 g/mol. The number of hydrogen-bond donors (Lipinski definition) is 2. The molecule has 0 saturated carbocycles. The van der Waals surface area contributed by atoms with Crippen molar-refractivity contribution in [2.45, 2.75) is 341 Å². The van der Waals surface area contributed by atoms with Crippen LogP contribution in [0, 0.1) is 0 Å². The van der Waals surface area contributed by atoms with Crippen LogP contribution in [0.1, 0.15) is 335 Å². The van der Waals surface area contributed by atoms with Crippen molar-refractivity contribution in [1.82, 2.24) is 0 Å². The molecule has 2 unspecified atom stereocenters. The summed E-state index contributed by atoms with van der Waals surface area (Å²) in [4.78, 5) is 35.5. The minimum absolute atomic E-state index is 0.0500. The number of unbranched alkanes of at least 4 members (excludes halogenated alkanes) is 34. The summed E-state index contributed by atoms with van der Waals surface area (Å²) < 4.78 is 33.3. The Morgan fingerprint density at radius 3 is 0.828 bits per heavy atom. The number of carbonyl (C=O) groups excluding carboxylic acids is 2. The molecule has 0 fully saturated rings. The molecule has 0 aromatic heterocycles. The minimum Gasteiger partial charge on any atom is -0.462 e. The molecule has 2 atom stereocenters. The molecule has 0 rings (SSSR count). The van der Waals surface area contributed by atoms with Crippen LogP contribution in [0.2, 0.25) is 0 Å². The highest BCUT2D eigenvalue weighted by atomic mass is 31.2. The number of carbonyl (C=O) groups is 2. The van der Waals surface area contributed by atoms with Gasteiger partial charge in [0.25, 0.3) is 0 Å². The highest BCUT2D eigenvalue weighted by Gasteiger charge is 2.26. The van der Waals surface area contributed by atoms with Crippen molar-refractivity contribution in [3.8, 4) is 0 Å². The fourth-order valence-corrected chi connectivity index (χ4v) is 11.4. The van der Waals surface area contributed by atoms with Crippen LogP contribution in [0.25, 0.3) is 0 Å². The van der Waals surface area contributed by atoms with E-state index in [2.05, 4.69) is 160 Å². The zero-order valence-electron chi connectivity index (χ0n) is 59.9. The smallest absolute Gasteiger partial charge is 0.462 e. The first kappa shape index (κ1) is 88.9. The molecule has 0 aliphatic rings. The van der Waals surface area contributed by atoms with E-state index in [0.717, 1.165) is 116 Å². The van der Waals surface area contributed by atoms with Gasteiger partial charge in [0.05, 0.1) is 13.2 Å². The molecule has 3 N–H and O–H groups in total. The van der Waals surface area contributed by atoms with Crippen LogP contribution in [0.4, 0.5) is 0 Å². The number of hydrogen-bond acceptors (Lipinski definition) is 8. The second kappa shape index (κ2) is 76.9. The first-order valence-corrected chi connectivity index (χ1v) is 39.8. The van der Waals surface area contributed by atoms with E-state index in [1.165, 1.54) is 186 Å². The second-order valence-electron chi connectivity index (χ2n) is 25.1. The van der Waals surface area contributed by atoms with Crippen molar-refractivity contribution >= 4 is 19.8 Å². The van der Waals surface area contributed by atoms with E-state index in [0.29, 0.717) is 6.42 Å². The maximum atomic E-state index is 12.8. The predicted octanol–water partition coefficient (Wildman–Crippen LogP) is 25.8. The number of phosphoric acid groups is 1. The van der Waals surface area contributed by atoms with Crippen LogP contribution in [-0.2, 0) is 32.7 Å². The molecular formula is C83H142NO8P. The average molecular weight is 1310 g/mol. The molecule has 532 valence electrons. The molecule has 0 heterocycles. The van der Waals surface area contributed by atoms with Crippen LogP contribution in [0.5, 0.6) is 0 Å². The highest BCUT2D eigenvalue weighted by Crippen LogP contribution is 2.43. The summed E-state index contributed by atoms with van der Waals surface area (Å²) in [5.41, 5.74) is 5.41. The normalized spacial score (nSPS) is 13.7. The summed E-state index contributed by atoms with van der Waals surface area (Å²) >= 11 is 0. The van der Waals surface area contributed by atoms with E-state index < -0.39 is 26.5 Å². The summed E-state index contributed by atoms with van der Waals surface area (Å²) in [7, 11) is -4.40. The number of rotatable bonds is 71. The van der Waals surface area contributed by atoms with Crippen LogP contribution in [0.3, 0.4) is 0 Å². The minimum atomic E-state index is -4.40. The Bertz CT molecular complexity index is 2040. The third kappa shape index (κ3) is 76.8. The lowest BCUT2D eigenvalue weighted by molar-refractivity contribution is -0.161. The van der Waals surface area contributed by atoms with Gasteiger partial charge in [-0.25, -0.2) is 4.57 Å². The summed E-state index contributed by atoms with van der Waals surface area (Å²) in [5.74, 6) is -0.820. The Labute approximate surface area is 573 Å². The zero-order chi connectivity index (χ0) is 67.2. The van der Waals surface area contributed by atoms with Gasteiger partial charge in [0.1, 0.15) is 6.61 Å². The van der Waals surface area contributed by atoms with Gasteiger partial charge in [-0.05, 0) is 116 Å². The number of allylic oxidation sites excluding steroid dienone is 24. The van der Waals surface area contributed by atoms with Crippen LogP contribution in [0.15, 0.2) is 146 Å². The first-order chi connectivity index (χ1) is 45.8. The molecular weight excluding hydrogens is 1170 g/mol. The van der Waals surface area contributed by atoms with Gasteiger partial charge >= 0.3 is 19.8 Å². The lowest BCUT2D eigenvalue weighted by Crippen LogP contribution is -2.29. The standard InChI is InChI=1S/C83H142NO8P/c1-3-5-7-9-11-13-15-17-19-21-23-25-27-29-31-33-35-37-39-40-42-44-46-48-50-52-54-56-58-60-62-64-66-68-70-72-74-76-83(86)92-81(80-91-93(87,88)90-78-77-84)79-89-82(85)75-73-71-69-67-65-63-61-59-57-55-53-51-49-47-45-43-41-38-36-34-32-30-28-26-24-22-20-18-16-14-12-10-8-6-4-2/h5-8,11-14,17-20,23-26,29-32,35-38,81H,3-4,9-10,15-16,21-22,27-28,33-34,39-80,84H2,1-2H3,(H,87,88)/b7-5-,8-6-,13-11-,14-12-,19-17-,20-18-,25-23-,26-24-,31-29-,32-30-,37-35-,38-36-. The van der Waals surface area contributed by atoms with Crippen molar-refractivity contribution in [2.75, 3.05) is 26.4 Å². The molecule has 10 heteroatoms. The lowest BCUT2D eigenvalue weighted by Gasteiger charge is -2.19. The molecule has 0 aromatic rings. The Hall–Kier alpha value is -4.11. The molecule has 9 nitrogen and oxygen atoms in total. The van der Waals surface area contributed by atoms with E-state index >= 15 is 0 Å². The van der Waals surface area contributed by atoms with Gasteiger partial charge in [-0.2, -0.15) is 0 Å². The third-order valence-electron chi connectivity index (χ3n) is 16.2. The van der Waals surface area contributed by atoms with Gasteiger partial charge in [-0.15, -0.1) is 0 Å². The Morgan fingerprint density at radius 1 is 0.323 bits per heavy atom. The molecule has 0 radical (unpaired) electrons. The number of nitrogens with two attached hydrogens (primary N) is 1. The van der Waals surface area contributed by atoms with Gasteiger partial charge < -0.3 is 20.1 Å². The van der Waals surface area contributed by atoms with Gasteiger partial charge in [0.2, 0.25) is 0 Å². The summed E-state index contributed by atoms with van der Waals surface area (Å²) in [6, 6.07) is 0. The maximum absolute atomic E-state index is 12.8. The van der Waals surface area contributed by atoms with Gasteiger partial charge in [0, 0.05) is 19.4 Å². The van der Waals surface area contributed by atoms with Crippen molar-refractivity contribution in [1.29, 1.82) is 0 Å². The second-order valence-corrected chi connectivity index (χ2v) is 26.6. The molecule has 0 amide bonds. The molecule has 0 aliphatic carbocycles. The van der Waals surface area contributed by atoms with Crippen LogP contribution < -0.4 is 5.73 Å². The summed E-state index contributed by atoms with van der Waals surface area (Å²) in [6.07, 6.45) is 111. The van der Waals surface area contributed by atoms with Gasteiger partial charge in [-0.1, -0.05) is 352 Å². The van der Waals surface area contributed by atoms with Crippen molar-refractivity contribution in [2.24, 2.45) is 5.73 Å². The largest absolute Gasteiger partial charge is 0.472 e. The Balaban J connectivity index is 3.84. The van der Waals surface area contributed by atoms with Gasteiger partial charge in [-0.3, -0.25) is 18.6 Å². The topological polar surface area (TPSA) is 134 Å². The number of ether oxygens (including phenoxy) is 2. The maximum Gasteiger partial charge on any atom is 0.472 e. The fraction of sp³-hybridized carbons (Fsp3) is 0.687. The highest BCUT2D eigenvalue weighted by molar-refractivity contribution is 7.47. The summed E-state index contributed by atoms with van der Waals surface area (Å²) in [6.45, 7) is 3.55. The molecule has 93 heavy (non-hydrogen) atoms. The molecule has 0 aliphatic heterocycles. The molecule has 0 spiro atoms. The third-order valence-corrected chi connectivity index (χ3v) is 17.2. The van der Waals surface area contributed by atoms with E-state index in [4.69, 9.17) is 24.3 Å². The SMILES string of the molecule is CC/C=C\C/C=C\C/C=C\C/C=C\C/C=C\C/C=C\CCCCCCCCCCCCCCCCCCCCC(=O)OC(COC(=O)CCCCCCCCCCCCCCCCCC/C=C\C/C=C\C/C=C\C/C=C\C/C=C\C/C=C\CC)COP(=O)(O)OCCN. The molecule has 0 bridgehead atoms. The van der Waals surface area contributed by atoms with E-state index in [1.807, 2.05) is 0 Å². The van der Waals surface area contributed by atoms with Crippen molar-refractivity contribution < 1.29 is 37.6 Å². The molecule has 0 aromatic carbocycles. The number of phosphoric ester groups is 1. The lowest BCUT2D eigenvalue weighted by atomic mass is 10.0. The zero-order valence-corrected chi connectivity index (χ0v) is 60.8. The van der Waals surface area contributed by atoms with E-state index in [9.17, 15) is 19.0 Å². The fourth-order valence-electron chi connectivity index (χ4n) is 10.6. The van der Waals surface area contributed by atoms with E-state index in [-0.39, 0.29) is 38.6 Å². The average Bonchev–Trinajstić information content (AvgIpc) is 3.04. The molecule has 0 saturated heterocycles. The van der Waals surface area contributed by atoms with Crippen molar-refractivity contribution in [3.63, 3.8) is 0 Å². The number of esters is 2. The van der Waals surface area contributed by atoms with Gasteiger partial charge in [0.15, 0.2) is 6.10 Å². The first-order valence-electron chi connectivity index (χ1n) is 38.3. The van der Waals surface area contributed by atoms with E-state index in [1.54, 1.807) is 0 Å². The Morgan fingerprint density at radius 2 is 0.559 bits per heavy atom. The predicted molar refractivity (Wildman–Crippen MR) is 404 cm³/mol. The Kier molecular flexibility index (Phi) is 73.5. The van der Waals surface area contributed by atoms with Crippen molar-refractivity contribution in [3.05, 3.63) is 146 Å². The van der Waals surface area contributed by atoms with Crippen LogP contribution in [-0.4, -0.2) is 49.3 Å². The summed E-state index contributed by atoms with van der Waals surface area (Å²) in [5, 5.41) is 0.